The highest BCUT2D eigenvalue weighted by Gasteiger charge is 2.27. The third-order valence-corrected chi connectivity index (χ3v) is 4.48. The van der Waals surface area contributed by atoms with E-state index < -0.39 is 0 Å². The van der Waals surface area contributed by atoms with Crippen LogP contribution in [-0.2, 0) is 6.42 Å². The van der Waals surface area contributed by atoms with Gasteiger partial charge in [-0.15, -0.1) is 0 Å². The number of carbonyl (C=O) groups is 1. The Hall–Kier alpha value is -2.30. The Balaban J connectivity index is 1.78. The lowest BCUT2D eigenvalue weighted by atomic mass is 9.90. The van der Waals surface area contributed by atoms with Gasteiger partial charge in [-0.2, -0.15) is 0 Å². The van der Waals surface area contributed by atoms with E-state index in [-0.39, 0.29) is 17.5 Å². The van der Waals surface area contributed by atoms with Crippen molar-refractivity contribution in [3.63, 3.8) is 0 Å². The minimum atomic E-state index is -0.319. The maximum Gasteiger partial charge on any atom is 0.167 e. The first-order valence-corrected chi connectivity index (χ1v) is 8.46. The molecule has 24 heavy (non-hydrogen) atoms. The summed E-state index contributed by atoms with van der Waals surface area (Å²) in [4.78, 5) is 23.8. The summed E-state index contributed by atoms with van der Waals surface area (Å²) in [5, 5.41) is 0. The van der Waals surface area contributed by atoms with Gasteiger partial charge in [-0.05, 0) is 50.5 Å². The first kappa shape index (κ1) is 16.6. The van der Waals surface area contributed by atoms with Gasteiger partial charge in [0.25, 0.3) is 0 Å². The Morgan fingerprint density at radius 3 is 2.75 bits per heavy atom. The molecule has 0 N–H and O–H groups in total. The molecule has 2 aromatic rings. The lowest BCUT2D eigenvalue weighted by molar-refractivity contribution is 0.0907. The maximum absolute atomic E-state index is 13.1. The third-order valence-electron chi connectivity index (χ3n) is 4.48. The standard InChI is InChI=1S/C19H22FN3O/c1-3-17-11-18(22-13(2)21-17)23-10-4-5-15(12-23)19(24)14-6-8-16(20)9-7-14/h6-9,11,15H,3-5,10,12H2,1-2H3. The van der Waals surface area contributed by atoms with Crippen molar-refractivity contribution in [3.05, 3.63) is 53.2 Å². The lowest BCUT2D eigenvalue weighted by Gasteiger charge is -2.33. The number of anilines is 1. The van der Waals surface area contributed by atoms with Crippen molar-refractivity contribution < 1.29 is 9.18 Å². The minimum Gasteiger partial charge on any atom is -0.356 e. The molecule has 0 spiro atoms. The zero-order chi connectivity index (χ0) is 17.1. The summed E-state index contributed by atoms with van der Waals surface area (Å²) < 4.78 is 13.1. The Labute approximate surface area is 141 Å². The molecule has 1 atom stereocenters. The number of aromatic nitrogens is 2. The van der Waals surface area contributed by atoms with Gasteiger partial charge in [0, 0.05) is 36.3 Å². The van der Waals surface area contributed by atoms with Crippen molar-refractivity contribution in [3.8, 4) is 0 Å². The molecule has 0 amide bonds. The Morgan fingerprint density at radius 1 is 1.29 bits per heavy atom. The molecule has 126 valence electrons. The molecular formula is C19H22FN3O. The van der Waals surface area contributed by atoms with Crippen molar-refractivity contribution in [1.29, 1.82) is 0 Å². The first-order valence-electron chi connectivity index (χ1n) is 8.46. The van der Waals surface area contributed by atoms with E-state index in [0.29, 0.717) is 12.1 Å². The molecule has 1 aromatic carbocycles. The monoisotopic (exact) mass is 327 g/mol. The fraction of sp³-hybridized carbons (Fsp3) is 0.421. The zero-order valence-corrected chi connectivity index (χ0v) is 14.1. The molecule has 1 aromatic heterocycles. The van der Waals surface area contributed by atoms with E-state index in [4.69, 9.17) is 0 Å². The van der Waals surface area contributed by atoms with Crippen LogP contribution in [0.25, 0.3) is 0 Å². The number of hydrogen-bond donors (Lipinski definition) is 0. The predicted molar refractivity (Wildman–Crippen MR) is 91.8 cm³/mol. The van der Waals surface area contributed by atoms with Crippen LogP contribution in [0.1, 0.15) is 41.6 Å². The quantitative estimate of drug-likeness (QED) is 0.805. The van der Waals surface area contributed by atoms with E-state index in [1.807, 2.05) is 13.0 Å². The fourth-order valence-electron chi connectivity index (χ4n) is 3.20. The summed E-state index contributed by atoms with van der Waals surface area (Å²) in [5.74, 6) is 1.35. The number of piperidine rings is 1. The second kappa shape index (κ2) is 7.07. The van der Waals surface area contributed by atoms with Gasteiger partial charge < -0.3 is 4.90 Å². The molecule has 1 unspecified atom stereocenters. The van der Waals surface area contributed by atoms with Crippen LogP contribution in [0.5, 0.6) is 0 Å². The Morgan fingerprint density at radius 2 is 2.04 bits per heavy atom. The van der Waals surface area contributed by atoms with Crippen molar-refractivity contribution in [1.82, 2.24) is 9.97 Å². The van der Waals surface area contributed by atoms with Crippen LogP contribution in [0.15, 0.2) is 30.3 Å². The summed E-state index contributed by atoms with van der Waals surface area (Å²) in [7, 11) is 0. The van der Waals surface area contributed by atoms with Crippen LogP contribution >= 0.6 is 0 Å². The van der Waals surface area contributed by atoms with E-state index in [9.17, 15) is 9.18 Å². The second-order valence-corrected chi connectivity index (χ2v) is 6.27. The van der Waals surface area contributed by atoms with Gasteiger partial charge in [0.15, 0.2) is 5.78 Å². The van der Waals surface area contributed by atoms with Crippen LogP contribution in [-0.4, -0.2) is 28.8 Å². The molecule has 0 radical (unpaired) electrons. The minimum absolute atomic E-state index is 0.0791. The lowest BCUT2D eigenvalue weighted by Crippen LogP contribution is -2.39. The molecule has 4 nitrogen and oxygen atoms in total. The number of rotatable bonds is 4. The van der Waals surface area contributed by atoms with Gasteiger partial charge >= 0.3 is 0 Å². The van der Waals surface area contributed by atoms with Gasteiger partial charge in [-0.3, -0.25) is 4.79 Å². The highest BCUT2D eigenvalue weighted by Crippen LogP contribution is 2.25. The fourth-order valence-corrected chi connectivity index (χ4v) is 3.20. The van der Waals surface area contributed by atoms with Crippen molar-refractivity contribution in [2.45, 2.75) is 33.1 Å². The van der Waals surface area contributed by atoms with Crippen molar-refractivity contribution in [2.24, 2.45) is 5.92 Å². The van der Waals surface area contributed by atoms with Crippen LogP contribution < -0.4 is 4.90 Å². The number of carbonyl (C=O) groups excluding carboxylic acids is 1. The third kappa shape index (κ3) is 3.61. The number of Topliss-reactive ketones (excluding diaryl/α,β-unsaturated/α-hetero) is 1. The summed E-state index contributed by atoms with van der Waals surface area (Å²) in [6.07, 6.45) is 2.67. The number of ketones is 1. The molecular weight excluding hydrogens is 305 g/mol. The van der Waals surface area contributed by atoms with E-state index in [2.05, 4.69) is 21.8 Å². The normalized spacial score (nSPS) is 17.8. The number of aryl methyl sites for hydroxylation is 2. The molecule has 0 saturated carbocycles. The number of halogens is 1. The summed E-state index contributed by atoms with van der Waals surface area (Å²) in [6.45, 7) is 5.51. The van der Waals surface area contributed by atoms with Crippen LogP contribution in [0.3, 0.4) is 0 Å². The number of nitrogens with zero attached hydrogens (tertiary/aromatic N) is 3. The SMILES string of the molecule is CCc1cc(N2CCCC(C(=O)c3ccc(F)cc3)C2)nc(C)n1. The smallest absolute Gasteiger partial charge is 0.167 e. The van der Waals surface area contributed by atoms with E-state index >= 15 is 0 Å². The Bertz CT molecular complexity index is 730. The van der Waals surface area contributed by atoms with Gasteiger partial charge in [-0.25, -0.2) is 14.4 Å². The largest absolute Gasteiger partial charge is 0.356 e. The van der Waals surface area contributed by atoms with E-state index in [0.717, 1.165) is 43.1 Å². The topological polar surface area (TPSA) is 46.1 Å². The Kier molecular flexibility index (Phi) is 4.88. The average molecular weight is 327 g/mol. The summed E-state index contributed by atoms with van der Waals surface area (Å²) in [6, 6.07) is 7.84. The van der Waals surface area contributed by atoms with Gasteiger partial charge in [0.05, 0.1) is 0 Å². The number of hydrogen-bond acceptors (Lipinski definition) is 4. The van der Waals surface area contributed by atoms with Gasteiger partial charge in [0.2, 0.25) is 0 Å². The molecule has 1 fully saturated rings. The van der Waals surface area contributed by atoms with Gasteiger partial charge in [0.1, 0.15) is 17.5 Å². The molecule has 2 heterocycles. The predicted octanol–water partition coefficient (Wildman–Crippen LogP) is 3.59. The van der Waals surface area contributed by atoms with Crippen molar-refractivity contribution >= 4 is 11.6 Å². The molecule has 1 saturated heterocycles. The number of benzene rings is 1. The van der Waals surface area contributed by atoms with E-state index in [1.165, 1.54) is 12.1 Å². The molecule has 5 heteroatoms. The second-order valence-electron chi connectivity index (χ2n) is 6.27. The highest BCUT2D eigenvalue weighted by atomic mass is 19.1. The molecule has 3 rings (SSSR count). The van der Waals surface area contributed by atoms with Crippen LogP contribution in [0, 0.1) is 18.7 Å². The van der Waals surface area contributed by atoms with Crippen LogP contribution in [0.4, 0.5) is 10.2 Å². The molecule has 0 bridgehead atoms. The van der Waals surface area contributed by atoms with E-state index in [1.54, 1.807) is 12.1 Å². The van der Waals surface area contributed by atoms with Crippen molar-refractivity contribution in [2.75, 3.05) is 18.0 Å². The summed E-state index contributed by atoms with van der Waals surface area (Å²) in [5.41, 5.74) is 1.60. The highest BCUT2D eigenvalue weighted by molar-refractivity contribution is 5.98. The first-order chi connectivity index (χ1) is 11.6. The zero-order valence-electron chi connectivity index (χ0n) is 14.1. The molecule has 0 aliphatic carbocycles. The summed E-state index contributed by atoms with van der Waals surface area (Å²) >= 11 is 0. The maximum atomic E-state index is 13.1. The average Bonchev–Trinajstić information content (AvgIpc) is 2.61. The molecule has 1 aliphatic heterocycles. The molecule has 1 aliphatic rings. The van der Waals surface area contributed by atoms with Gasteiger partial charge in [-0.1, -0.05) is 6.92 Å². The van der Waals surface area contributed by atoms with Crippen LogP contribution in [0.2, 0.25) is 0 Å².